The highest BCUT2D eigenvalue weighted by atomic mass is 16.5. The van der Waals surface area contributed by atoms with Gasteiger partial charge in [-0.3, -0.25) is 4.79 Å². The van der Waals surface area contributed by atoms with Gasteiger partial charge in [0.25, 0.3) is 5.91 Å². The zero-order valence-electron chi connectivity index (χ0n) is 13.9. The SMILES string of the molecule is COc1ccc(-n2ncc3c2CCCC3NC(=O)c2ccco2)cc1. The number of nitrogens with one attached hydrogen (secondary N) is 1. The first kappa shape index (κ1) is 15.5. The molecule has 1 aliphatic rings. The summed E-state index contributed by atoms with van der Waals surface area (Å²) >= 11 is 0. The standard InChI is InChI=1S/C19H19N3O3/c1-24-14-9-7-13(8-10-14)22-17-5-2-4-16(15(17)12-20-22)21-19(23)18-6-3-11-25-18/h3,6-12,16H,2,4-5H2,1H3,(H,21,23). The van der Waals surface area contributed by atoms with Crippen LogP contribution in [0.4, 0.5) is 0 Å². The van der Waals surface area contributed by atoms with Crippen molar-refractivity contribution in [3.63, 3.8) is 0 Å². The number of methoxy groups -OCH3 is 1. The quantitative estimate of drug-likeness (QED) is 0.793. The second-order valence-corrected chi connectivity index (χ2v) is 6.05. The number of aromatic nitrogens is 2. The molecule has 4 rings (SSSR count). The zero-order chi connectivity index (χ0) is 17.2. The van der Waals surface area contributed by atoms with Crippen LogP contribution in [0.2, 0.25) is 0 Å². The number of amides is 1. The molecule has 1 unspecified atom stereocenters. The third-order valence-corrected chi connectivity index (χ3v) is 4.55. The summed E-state index contributed by atoms with van der Waals surface area (Å²) in [5.41, 5.74) is 3.20. The van der Waals surface area contributed by atoms with Crippen molar-refractivity contribution in [2.24, 2.45) is 0 Å². The minimum absolute atomic E-state index is 0.0478. The van der Waals surface area contributed by atoms with Gasteiger partial charge >= 0.3 is 0 Å². The maximum Gasteiger partial charge on any atom is 0.287 e. The Morgan fingerprint density at radius 3 is 2.88 bits per heavy atom. The second-order valence-electron chi connectivity index (χ2n) is 6.05. The van der Waals surface area contributed by atoms with E-state index < -0.39 is 0 Å². The maximum absolute atomic E-state index is 12.3. The lowest BCUT2D eigenvalue weighted by atomic mass is 9.92. The number of carbonyl (C=O) groups is 1. The topological polar surface area (TPSA) is 69.3 Å². The number of carbonyl (C=O) groups excluding carboxylic acids is 1. The highest BCUT2D eigenvalue weighted by Gasteiger charge is 2.26. The monoisotopic (exact) mass is 337 g/mol. The number of furan rings is 1. The molecule has 0 radical (unpaired) electrons. The Balaban J connectivity index is 1.60. The molecule has 2 aromatic heterocycles. The van der Waals surface area contributed by atoms with Gasteiger partial charge in [-0.05, 0) is 55.7 Å². The largest absolute Gasteiger partial charge is 0.497 e. The summed E-state index contributed by atoms with van der Waals surface area (Å²) in [6.45, 7) is 0. The van der Waals surface area contributed by atoms with Crippen molar-refractivity contribution in [3.8, 4) is 11.4 Å². The molecule has 1 aliphatic carbocycles. The van der Waals surface area contributed by atoms with Crippen molar-refractivity contribution in [1.29, 1.82) is 0 Å². The zero-order valence-corrected chi connectivity index (χ0v) is 13.9. The van der Waals surface area contributed by atoms with E-state index in [1.54, 1.807) is 19.2 Å². The highest BCUT2D eigenvalue weighted by molar-refractivity contribution is 5.91. The molecule has 25 heavy (non-hydrogen) atoms. The number of benzene rings is 1. The lowest BCUT2D eigenvalue weighted by Gasteiger charge is -2.24. The van der Waals surface area contributed by atoms with E-state index >= 15 is 0 Å². The molecule has 0 spiro atoms. The molecular weight excluding hydrogens is 318 g/mol. The van der Waals surface area contributed by atoms with E-state index in [0.29, 0.717) is 5.76 Å². The van der Waals surface area contributed by atoms with Gasteiger partial charge in [-0.15, -0.1) is 0 Å². The van der Waals surface area contributed by atoms with Crippen molar-refractivity contribution in [2.75, 3.05) is 7.11 Å². The molecule has 0 aliphatic heterocycles. The van der Waals surface area contributed by atoms with Crippen molar-refractivity contribution in [2.45, 2.75) is 25.3 Å². The molecule has 0 saturated heterocycles. The summed E-state index contributed by atoms with van der Waals surface area (Å²) in [7, 11) is 1.65. The van der Waals surface area contributed by atoms with Gasteiger partial charge < -0.3 is 14.5 Å². The summed E-state index contributed by atoms with van der Waals surface area (Å²) in [4.78, 5) is 12.3. The van der Waals surface area contributed by atoms with E-state index in [9.17, 15) is 4.79 Å². The molecule has 3 aromatic rings. The van der Waals surface area contributed by atoms with Crippen LogP contribution < -0.4 is 10.1 Å². The van der Waals surface area contributed by atoms with Gasteiger partial charge in [-0.1, -0.05) is 0 Å². The fourth-order valence-electron chi connectivity index (χ4n) is 3.29. The minimum Gasteiger partial charge on any atom is -0.497 e. The average Bonchev–Trinajstić information content (AvgIpc) is 3.32. The molecule has 1 aromatic carbocycles. The summed E-state index contributed by atoms with van der Waals surface area (Å²) in [5.74, 6) is 0.947. The fraction of sp³-hybridized carbons (Fsp3) is 0.263. The number of hydrogen-bond acceptors (Lipinski definition) is 4. The molecule has 0 fully saturated rings. The van der Waals surface area contributed by atoms with Crippen LogP contribution in [0.5, 0.6) is 5.75 Å². The first-order valence-corrected chi connectivity index (χ1v) is 8.32. The van der Waals surface area contributed by atoms with Crippen molar-refractivity contribution in [3.05, 3.63) is 65.9 Å². The van der Waals surface area contributed by atoms with Crippen LogP contribution in [0.15, 0.2) is 53.3 Å². The normalized spacial score (nSPS) is 16.3. The third-order valence-electron chi connectivity index (χ3n) is 4.55. The Morgan fingerprint density at radius 1 is 1.32 bits per heavy atom. The smallest absolute Gasteiger partial charge is 0.287 e. The maximum atomic E-state index is 12.3. The molecule has 6 nitrogen and oxygen atoms in total. The van der Waals surface area contributed by atoms with E-state index in [2.05, 4.69) is 10.4 Å². The Hall–Kier alpha value is -3.02. The van der Waals surface area contributed by atoms with Crippen LogP contribution in [0.25, 0.3) is 5.69 Å². The Labute approximate surface area is 145 Å². The van der Waals surface area contributed by atoms with Crippen molar-refractivity contribution in [1.82, 2.24) is 15.1 Å². The first-order valence-electron chi connectivity index (χ1n) is 8.32. The van der Waals surface area contributed by atoms with Gasteiger partial charge in [0.2, 0.25) is 0 Å². The van der Waals surface area contributed by atoms with Crippen molar-refractivity contribution < 1.29 is 13.9 Å². The van der Waals surface area contributed by atoms with Gasteiger partial charge in [-0.25, -0.2) is 4.68 Å². The van der Waals surface area contributed by atoms with E-state index in [1.165, 1.54) is 6.26 Å². The predicted octanol–water partition coefficient (Wildman–Crippen LogP) is 3.28. The number of fused-ring (bicyclic) bond motifs is 1. The number of hydrogen-bond donors (Lipinski definition) is 1. The van der Waals surface area contributed by atoms with E-state index in [4.69, 9.17) is 9.15 Å². The minimum atomic E-state index is -0.194. The van der Waals surface area contributed by atoms with E-state index in [0.717, 1.165) is 42.0 Å². The van der Waals surface area contributed by atoms with Crippen LogP contribution in [-0.2, 0) is 6.42 Å². The molecule has 2 heterocycles. The van der Waals surface area contributed by atoms with Crippen LogP contribution in [-0.4, -0.2) is 22.8 Å². The number of rotatable bonds is 4. The van der Waals surface area contributed by atoms with Crippen LogP contribution >= 0.6 is 0 Å². The Bertz CT molecular complexity index is 866. The van der Waals surface area contributed by atoms with Gasteiger partial charge in [-0.2, -0.15) is 5.10 Å². The van der Waals surface area contributed by atoms with Gasteiger partial charge in [0.15, 0.2) is 5.76 Å². The summed E-state index contributed by atoms with van der Waals surface area (Å²) in [5, 5.41) is 7.60. The Kier molecular flexibility index (Phi) is 4.01. The molecule has 0 bridgehead atoms. The molecule has 6 heteroatoms. The highest BCUT2D eigenvalue weighted by Crippen LogP contribution is 2.31. The van der Waals surface area contributed by atoms with Crippen LogP contribution in [0.3, 0.4) is 0 Å². The van der Waals surface area contributed by atoms with Crippen LogP contribution in [0.1, 0.15) is 40.7 Å². The molecule has 1 N–H and O–H groups in total. The molecule has 0 saturated carbocycles. The van der Waals surface area contributed by atoms with Gasteiger partial charge in [0.1, 0.15) is 5.75 Å². The number of nitrogens with zero attached hydrogens (tertiary/aromatic N) is 2. The first-order chi connectivity index (χ1) is 12.3. The Morgan fingerprint density at radius 2 is 2.16 bits per heavy atom. The summed E-state index contributed by atoms with van der Waals surface area (Å²) in [6.07, 6.45) is 6.19. The van der Waals surface area contributed by atoms with Crippen molar-refractivity contribution >= 4 is 5.91 Å². The fourth-order valence-corrected chi connectivity index (χ4v) is 3.29. The summed E-state index contributed by atoms with van der Waals surface area (Å²) in [6, 6.07) is 11.1. The molecular formula is C19H19N3O3. The lowest BCUT2D eigenvalue weighted by Crippen LogP contribution is -2.30. The molecule has 1 amide bonds. The number of ether oxygens (including phenoxy) is 1. The lowest BCUT2D eigenvalue weighted by molar-refractivity contribution is 0.0904. The van der Waals surface area contributed by atoms with Gasteiger partial charge in [0.05, 0.1) is 31.3 Å². The van der Waals surface area contributed by atoms with E-state index in [1.807, 2.05) is 35.1 Å². The van der Waals surface area contributed by atoms with Crippen LogP contribution in [0, 0.1) is 0 Å². The predicted molar refractivity (Wildman–Crippen MR) is 92.0 cm³/mol. The summed E-state index contributed by atoms with van der Waals surface area (Å²) < 4.78 is 12.3. The van der Waals surface area contributed by atoms with E-state index in [-0.39, 0.29) is 11.9 Å². The third kappa shape index (κ3) is 2.91. The molecule has 1 atom stereocenters. The average molecular weight is 337 g/mol. The second kappa shape index (κ2) is 6.47. The molecule has 128 valence electrons. The van der Waals surface area contributed by atoms with Gasteiger partial charge in [0, 0.05) is 11.3 Å².